The summed E-state index contributed by atoms with van der Waals surface area (Å²) in [6, 6.07) is 12.7. The van der Waals surface area contributed by atoms with Crippen molar-refractivity contribution in [1.82, 2.24) is 10.6 Å². The standard InChI is InChI=1S/C20H22BrN3O3/c1-13-4-3-5-14(2)19(13)24-18(26)12-23-17(25)10-11-22-20(27)15-6-8-16(21)9-7-15/h3-9H,10-12H2,1-2H3,(H,22,27)(H,23,25)(H,24,26). The molecule has 0 aliphatic carbocycles. The van der Waals surface area contributed by atoms with Crippen LogP contribution in [0.2, 0.25) is 0 Å². The Morgan fingerprint density at radius 1 is 0.889 bits per heavy atom. The minimum Gasteiger partial charge on any atom is -0.352 e. The molecule has 0 heterocycles. The number of rotatable bonds is 7. The number of aryl methyl sites for hydroxylation is 2. The Hall–Kier alpha value is -2.67. The van der Waals surface area contributed by atoms with Gasteiger partial charge in [-0.05, 0) is 49.2 Å². The molecule has 3 amide bonds. The lowest BCUT2D eigenvalue weighted by atomic mass is 10.1. The molecule has 0 bridgehead atoms. The number of para-hydroxylation sites is 1. The van der Waals surface area contributed by atoms with Gasteiger partial charge in [0.25, 0.3) is 5.91 Å². The smallest absolute Gasteiger partial charge is 0.251 e. The van der Waals surface area contributed by atoms with E-state index in [0.717, 1.165) is 21.3 Å². The molecule has 3 N–H and O–H groups in total. The van der Waals surface area contributed by atoms with Crippen LogP contribution in [0.15, 0.2) is 46.9 Å². The number of amides is 3. The SMILES string of the molecule is Cc1cccc(C)c1NC(=O)CNC(=O)CCNC(=O)c1ccc(Br)cc1. The average Bonchev–Trinajstić information content (AvgIpc) is 2.63. The quantitative estimate of drug-likeness (QED) is 0.629. The summed E-state index contributed by atoms with van der Waals surface area (Å²) in [7, 11) is 0. The Morgan fingerprint density at radius 2 is 1.52 bits per heavy atom. The number of benzene rings is 2. The molecule has 2 aromatic rings. The van der Waals surface area contributed by atoms with Crippen molar-refractivity contribution in [2.75, 3.05) is 18.4 Å². The number of anilines is 1. The third kappa shape index (κ3) is 6.53. The third-order valence-electron chi connectivity index (χ3n) is 3.94. The number of hydrogen-bond acceptors (Lipinski definition) is 3. The van der Waals surface area contributed by atoms with E-state index in [9.17, 15) is 14.4 Å². The molecule has 0 radical (unpaired) electrons. The van der Waals surface area contributed by atoms with Crippen molar-refractivity contribution in [2.24, 2.45) is 0 Å². The lowest BCUT2D eigenvalue weighted by Crippen LogP contribution is -2.35. The summed E-state index contributed by atoms with van der Waals surface area (Å²) < 4.78 is 0.887. The molecule has 0 atom stereocenters. The van der Waals surface area contributed by atoms with E-state index in [2.05, 4.69) is 31.9 Å². The molecule has 0 aliphatic rings. The first kappa shape index (κ1) is 20.6. The van der Waals surface area contributed by atoms with Crippen molar-refractivity contribution in [3.63, 3.8) is 0 Å². The van der Waals surface area contributed by atoms with Crippen molar-refractivity contribution in [3.05, 3.63) is 63.6 Å². The second-order valence-electron chi connectivity index (χ2n) is 6.10. The first-order chi connectivity index (χ1) is 12.9. The van der Waals surface area contributed by atoms with E-state index >= 15 is 0 Å². The fraction of sp³-hybridized carbons (Fsp3) is 0.250. The van der Waals surface area contributed by atoms with Gasteiger partial charge in [0.15, 0.2) is 0 Å². The molecule has 7 heteroatoms. The van der Waals surface area contributed by atoms with E-state index in [1.807, 2.05) is 32.0 Å². The molecule has 6 nitrogen and oxygen atoms in total. The predicted octanol–water partition coefficient (Wildman–Crippen LogP) is 2.94. The fourth-order valence-corrected chi connectivity index (χ4v) is 2.72. The Morgan fingerprint density at radius 3 is 2.15 bits per heavy atom. The maximum Gasteiger partial charge on any atom is 0.251 e. The summed E-state index contributed by atoms with van der Waals surface area (Å²) in [6.07, 6.45) is 0.0962. The maximum atomic E-state index is 12.0. The van der Waals surface area contributed by atoms with E-state index < -0.39 is 0 Å². The van der Waals surface area contributed by atoms with Gasteiger partial charge in [0.05, 0.1) is 6.54 Å². The van der Waals surface area contributed by atoms with Gasteiger partial charge in [0, 0.05) is 28.7 Å². The zero-order valence-corrected chi connectivity index (χ0v) is 16.9. The van der Waals surface area contributed by atoms with Gasteiger partial charge < -0.3 is 16.0 Å². The lowest BCUT2D eigenvalue weighted by molar-refractivity contribution is -0.124. The van der Waals surface area contributed by atoms with Crippen LogP contribution in [0.5, 0.6) is 0 Å². The van der Waals surface area contributed by atoms with Gasteiger partial charge in [-0.15, -0.1) is 0 Å². The first-order valence-electron chi connectivity index (χ1n) is 8.53. The number of halogens is 1. The number of carbonyl (C=O) groups excluding carboxylic acids is 3. The monoisotopic (exact) mass is 431 g/mol. The zero-order chi connectivity index (χ0) is 19.8. The summed E-state index contributed by atoms with van der Waals surface area (Å²) in [6.45, 7) is 3.90. The van der Waals surface area contributed by atoms with Crippen LogP contribution < -0.4 is 16.0 Å². The number of hydrogen-bond donors (Lipinski definition) is 3. The zero-order valence-electron chi connectivity index (χ0n) is 15.3. The number of nitrogens with one attached hydrogen (secondary N) is 3. The second kappa shape index (κ2) is 9.87. The molecule has 2 aromatic carbocycles. The van der Waals surface area contributed by atoms with Gasteiger partial charge in [-0.3, -0.25) is 14.4 Å². The van der Waals surface area contributed by atoms with E-state index in [1.165, 1.54) is 0 Å². The van der Waals surface area contributed by atoms with E-state index in [4.69, 9.17) is 0 Å². The molecule has 142 valence electrons. The molecule has 0 fully saturated rings. The summed E-state index contributed by atoms with van der Waals surface area (Å²) in [5.41, 5.74) is 3.21. The highest BCUT2D eigenvalue weighted by molar-refractivity contribution is 9.10. The molecular weight excluding hydrogens is 410 g/mol. The van der Waals surface area contributed by atoms with Crippen LogP contribution in [0.1, 0.15) is 27.9 Å². The van der Waals surface area contributed by atoms with Gasteiger partial charge in [-0.1, -0.05) is 34.1 Å². The molecule has 0 saturated heterocycles. The Balaban J connectivity index is 1.70. The minimum absolute atomic E-state index is 0.0962. The minimum atomic E-state index is -0.303. The Labute approximate surface area is 166 Å². The van der Waals surface area contributed by atoms with E-state index in [0.29, 0.717) is 5.56 Å². The van der Waals surface area contributed by atoms with E-state index in [1.54, 1.807) is 24.3 Å². The summed E-state index contributed by atoms with van der Waals surface area (Å²) in [4.78, 5) is 35.8. The van der Waals surface area contributed by atoms with Crippen LogP contribution >= 0.6 is 15.9 Å². The van der Waals surface area contributed by atoms with Crippen molar-refractivity contribution in [2.45, 2.75) is 20.3 Å². The predicted molar refractivity (Wildman–Crippen MR) is 109 cm³/mol. The average molecular weight is 432 g/mol. The topological polar surface area (TPSA) is 87.3 Å². The van der Waals surface area contributed by atoms with Gasteiger partial charge in [0.1, 0.15) is 0 Å². The second-order valence-corrected chi connectivity index (χ2v) is 7.02. The van der Waals surface area contributed by atoms with Crippen LogP contribution in [-0.2, 0) is 9.59 Å². The van der Waals surface area contributed by atoms with Crippen LogP contribution in [0.4, 0.5) is 5.69 Å². The van der Waals surface area contributed by atoms with Gasteiger partial charge in [0.2, 0.25) is 11.8 Å². The summed E-state index contributed by atoms with van der Waals surface area (Å²) in [5, 5.41) is 8.04. The summed E-state index contributed by atoms with van der Waals surface area (Å²) >= 11 is 3.31. The van der Waals surface area contributed by atoms with Crippen LogP contribution in [-0.4, -0.2) is 30.8 Å². The third-order valence-corrected chi connectivity index (χ3v) is 4.46. The molecule has 0 spiro atoms. The van der Waals surface area contributed by atoms with Crippen LogP contribution in [0, 0.1) is 13.8 Å². The van der Waals surface area contributed by atoms with Crippen LogP contribution in [0.3, 0.4) is 0 Å². The van der Waals surface area contributed by atoms with Gasteiger partial charge >= 0.3 is 0 Å². The Kier molecular flexibility index (Phi) is 7.55. The first-order valence-corrected chi connectivity index (χ1v) is 9.32. The highest BCUT2D eigenvalue weighted by Gasteiger charge is 2.10. The maximum absolute atomic E-state index is 12.0. The van der Waals surface area contributed by atoms with Crippen molar-refractivity contribution in [3.8, 4) is 0 Å². The van der Waals surface area contributed by atoms with Crippen molar-refractivity contribution >= 4 is 39.3 Å². The molecule has 0 aromatic heterocycles. The van der Waals surface area contributed by atoms with Gasteiger partial charge in [-0.2, -0.15) is 0 Å². The van der Waals surface area contributed by atoms with Crippen LogP contribution in [0.25, 0.3) is 0 Å². The van der Waals surface area contributed by atoms with Crippen molar-refractivity contribution < 1.29 is 14.4 Å². The molecule has 27 heavy (non-hydrogen) atoms. The molecule has 2 rings (SSSR count). The fourth-order valence-electron chi connectivity index (χ4n) is 2.46. The number of carbonyl (C=O) groups is 3. The molecule has 0 saturated carbocycles. The highest BCUT2D eigenvalue weighted by atomic mass is 79.9. The molecule has 0 unspecified atom stereocenters. The largest absolute Gasteiger partial charge is 0.352 e. The highest BCUT2D eigenvalue weighted by Crippen LogP contribution is 2.18. The van der Waals surface area contributed by atoms with Crippen molar-refractivity contribution in [1.29, 1.82) is 0 Å². The normalized spacial score (nSPS) is 10.2. The summed E-state index contributed by atoms with van der Waals surface area (Å²) in [5.74, 6) is -0.842. The Bertz CT molecular complexity index is 815. The molecular formula is C20H22BrN3O3. The molecule has 0 aliphatic heterocycles. The lowest BCUT2D eigenvalue weighted by Gasteiger charge is -2.12. The van der Waals surface area contributed by atoms with E-state index in [-0.39, 0.29) is 37.2 Å². The van der Waals surface area contributed by atoms with Gasteiger partial charge in [-0.25, -0.2) is 0 Å².